The van der Waals surface area contributed by atoms with Crippen molar-refractivity contribution in [3.63, 3.8) is 0 Å². The normalized spacial score (nSPS) is 13.9. The van der Waals surface area contributed by atoms with Crippen molar-refractivity contribution in [2.75, 3.05) is 31.1 Å². The van der Waals surface area contributed by atoms with E-state index in [1.54, 1.807) is 0 Å². The highest BCUT2D eigenvalue weighted by Crippen LogP contribution is 2.24. The molecule has 0 aliphatic carbocycles. The fourth-order valence-electron chi connectivity index (χ4n) is 3.87. The molecule has 3 aromatic rings. The second-order valence-corrected chi connectivity index (χ2v) is 7.80. The third-order valence-electron chi connectivity index (χ3n) is 5.81. The number of nitrogens with zero attached hydrogens (tertiary/aromatic N) is 2. The van der Waals surface area contributed by atoms with Crippen LogP contribution in [0.4, 0.5) is 5.69 Å². The predicted octanol–water partition coefficient (Wildman–Crippen LogP) is 4.84. The van der Waals surface area contributed by atoms with Crippen molar-refractivity contribution in [2.45, 2.75) is 20.5 Å². The predicted molar refractivity (Wildman–Crippen MR) is 121 cm³/mol. The maximum atomic E-state index is 13.0. The quantitative estimate of drug-likeness (QED) is 0.614. The van der Waals surface area contributed by atoms with Crippen molar-refractivity contribution in [1.82, 2.24) is 4.90 Å². The van der Waals surface area contributed by atoms with Crippen LogP contribution in [0.1, 0.15) is 27.0 Å². The summed E-state index contributed by atoms with van der Waals surface area (Å²) >= 11 is 0. The van der Waals surface area contributed by atoms with Crippen LogP contribution in [0.2, 0.25) is 0 Å². The molecule has 1 aliphatic heterocycles. The van der Waals surface area contributed by atoms with Gasteiger partial charge in [0.15, 0.2) is 0 Å². The van der Waals surface area contributed by atoms with Crippen LogP contribution in [-0.4, -0.2) is 37.0 Å². The smallest absolute Gasteiger partial charge is 0.254 e. The van der Waals surface area contributed by atoms with Crippen LogP contribution in [0, 0.1) is 13.8 Å². The van der Waals surface area contributed by atoms with E-state index in [1.165, 1.54) is 16.8 Å². The molecule has 3 aromatic carbocycles. The van der Waals surface area contributed by atoms with Gasteiger partial charge in [0.05, 0.1) is 0 Å². The Kier molecular flexibility index (Phi) is 6.03. The van der Waals surface area contributed by atoms with E-state index in [9.17, 15) is 4.79 Å². The van der Waals surface area contributed by atoms with Crippen LogP contribution in [0.5, 0.6) is 5.75 Å². The lowest BCUT2D eigenvalue weighted by Gasteiger charge is -2.37. The van der Waals surface area contributed by atoms with Crippen LogP contribution >= 0.6 is 0 Å². The fraction of sp³-hybridized carbons (Fsp3) is 0.269. The SMILES string of the molecule is Cc1cccc(N2CCN(C(=O)c3cccc(OCc4ccccc4)c3)CC2)c1C. The minimum absolute atomic E-state index is 0.0702. The third kappa shape index (κ3) is 4.48. The van der Waals surface area contributed by atoms with Gasteiger partial charge in [-0.3, -0.25) is 4.79 Å². The summed E-state index contributed by atoms with van der Waals surface area (Å²) in [6, 6.07) is 24.0. The summed E-state index contributed by atoms with van der Waals surface area (Å²) in [5.41, 5.74) is 5.69. The van der Waals surface area contributed by atoms with Crippen LogP contribution in [0.15, 0.2) is 72.8 Å². The van der Waals surface area contributed by atoms with Gasteiger partial charge >= 0.3 is 0 Å². The van der Waals surface area contributed by atoms with Crippen molar-refractivity contribution in [2.24, 2.45) is 0 Å². The molecule has 4 nitrogen and oxygen atoms in total. The standard InChI is InChI=1S/C26H28N2O2/c1-20-8-6-13-25(21(20)2)27-14-16-28(17-15-27)26(29)23-11-7-12-24(18-23)30-19-22-9-4-3-5-10-22/h3-13,18H,14-17,19H2,1-2H3. The van der Waals surface area contributed by atoms with Gasteiger partial charge in [0.1, 0.15) is 12.4 Å². The number of rotatable bonds is 5. The minimum atomic E-state index is 0.0702. The van der Waals surface area contributed by atoms with E-state index in [0.29, 0.717) is 12.2 Å². The van der Waals surface area contributed by atoms with E-state index < -0.39 is 0 Å². The Balaban J connectivity index is 1.38. The molecule has 4 rings (SSSR count). The fourth-order valence-corrected chi connectivity index (χ4v) is 3.87. The van der Waals surface area contributed by atoms with E-state index in [0.717, 1.165) is 37.5 Å². The van der Waals surface area contributed by atoms with Gasteiger partial charge in [-0.05, 0) is 54.8 Å². The number of anilines is 1. The summed E-state index contributed by atoms with van der Waals surface area (Å²) in [7, 11) is 0. The van der Waals surface area contributed by atoms with Crippen molar-refractivity contribution in [3.8, 4) is 5.75 Å². The molecule has 30 heavy (non-hydrogen) atoms. The highest BCUT2D eigenvalue weighted by molar-refractivity contribution is 5.94. The Morgan fingerprint density at radius 1 is 0.867 bits per heavy atom. The number of benzene rings is 3. The van der Waals surface area contributed by atoms with Gasteiger partial charge in [-0.25, -0.2) is 0 Å². The van der Waals surface area contributed by atoms with Gasteiger partial charge in [-0.2, -0.15) is 0 Å². The highest BCUT2D eigenvalue weighted by Gasteiger charge is 2.23. The van der Waals surface area contributed by atoms with Crippen LogP contribution in [0.25, 0.3) is 0 Å². The van der Waals surface area contributed by atoms with Gasteiger partial charge < -0.3 is 14.5 Å². The molecule has 0 saturated carbocycles. The summed E-state index contributed by atoms with van der Waals surface area (Å²) < 4.78 is 5.89. The monoisotopic (exact) mass is 400 g/mol. The molecule has 1 amide bonds. The maximum absolute atomic E-state index is 13.0. The molecule has 0 atom stereocenters. The van der Waals surface area contributed by atoms with E-state index in [4.69, 9.17) is 4.74 Å². The molecule has 1 heterocycles. The largest absolute Gasteiger partial charge is 0.489 e. The zero-order valence-electron chi connectivity index (χ0n) is 17.7. The van der Waals surface area contributed by atoms with Gasteiger partial charge in [0, 0.05) is 37.4 Å². The number of hydrogen-bond acceptors (Lipinski definition) is 3. The summed E-state index contributed by atoms with van der Waals surface area (Å²) in [5, 5.41) is 0. The zero-order valence-corrected chi connectivity index (χ0v) is 17.7. The third-order valence-corrected chi connectivity index (χ3v) is 5.81. The molecule has 154 valence electrons. The molecular formula is C26H28N2O2. The number of piperazine rings is 1. The molecule has 0 unspecified atom stereocenters. The molecule has 0 spiro atoms. The number of hydrogen-bond donors (Lipinski definition) is 0. The maximum Gasteiger partial charge on any atom is 0.254 e. The molecule has 0 bridgehead atoms. The Hall–Kier alpha value is -3.27. The summed E-state index contributed by atoms with van der Waals surface area (Å²) in [6.07, 6.45) is 0. The number of carbonyl (C=O) groups excluding carboxylic acids is 1. The summed E-state index contributed by atoms with van der Waals surface area (Å²) in [5.74, 6) is 0.791. The lowest BCUT2D eigenvalue weighted by molar-refractivity contribution is 0.0746. The molecular weight excluding hydrogens is 372 g/mol. The van der Waals surface area contributed by atoms with Crippen molar-refractivity contribution in [3.05, 3.63) is 95.1 Å². The molecule has 1 aliphatic rings. The molecule has 0 aromatic heterocycles. The Morgan fingerprint density at radius 3 is 2.37 bits per heavy atom. The average Bonchev–Trinajstić information content (AvgIpc) is 2.80. The lowest BCUT2D eigenvalue weighted by Crippen LogP contribution is -2.49. The van der Waals surface area contributed by atoms with E-state index >= 15 is 0 Å². The lowest BCUT2D eigenvalue weighted by atomic mass is 10.1. The first-order valence-electron chi connectivity index (χ1n) is 10.5. The second kappa shape index (κ2) is 9.04. The number of amides is 1. The molecule has 1 fully saturated rings. The van der Waals surface area contributed by atoms with E-state index in [2.05, 4.69) is 36.9 Å². The summed E-state index contributed by atoms with van der Waals surface area (Å²) in [6.45, 7) is 7.95. The first kappa shape index (κ1) is 20.0. The summed E-state index contributed by atoms with van der Waals surface area (Å²) in [4.78, 5) is 17.4. The first-order chi connectivity index (χ1) is 14.6. The van der Waals surface area contributed by atoms with Gasteiger partial charge in [0.25, 0.3) is 5.91 Å². The van der Waals surface area contributed by atoms with Crippen LogP contribution < -0.4 is 9.64 Å². The topological polar surface area (TPSA) is 32.8 Å². The zero-order chi connectivity index (χ0) is 20.9. The Bertz CT molecular complexity index is 1010. The van der Waals surface area contributed by atoms with Crippen molar-refractivity contribution < 1.29 is 9.53 Å². The van der Waals surface area contributed by atoms with Gasteiger partial charge in [-0.15, -0.1) is 0 Å². The minimum Gasteiger partial charge on any atom is -0.489 e. The van der Waals surface area contributed by atoms with Gasteiger partial charge in [-0.1, -0.05) is 48.5 Å². The number of ether oxygens (including phenoxy) is 1. The number of carbonyl (C=O) groups is 1. The van der Waals surface area contributed by atoms with E-state index in [1.807, 2.05) is 59.5 Å². The van der Waals surface area contributed by atoms with Crippen molar-refractivity contribution >= 4 is 11.6 Å². The molecule has 1 saturated heterocycles. The molecule has 4 heteroatoms. The van der Waals surface area contributed by atoms with E-state index in [-0.39, 0.29) is 5.91 Å². The first-order valence-corrected chi connectivity index (χ1v) is 10.5. The average molecular weight is 401 g/mol. The van der Waals surface area contributed by atoms with Crippen molar-refractivity contribution in [1.29, 1.82) is 0 Å². The van der Waals surface area contributed by atoms with Crippen LogP contribution in [-0.2, 0) is 6.61 Å². The number of aryl methyl sites for hydroxylation is 1. The molecule has 0 N–H and O–H groups in total. The Morgan fingerprint density at radius 2 is 1.60 bits per heavy atom. The van der Waals surface area contributed by atoms with Crippen LogP contribution in [0.3, 0.4) is 0 Å². The highest BCUT2D eigenvalue weighted by atomic mass is 16.5. The second-order valence-electron chi connectivity index (χ2n) is 7.80. The molecule has 0 radical (unpaired) electrons. The van der Waals surface area contributed by atoms with Gasteiger partial charge in [0.2, 0.25) is 0 Å². The Labute approximate surface area is 178 Å².